The van der Waals surface area contributed by atoms with Crippen molar-refractivity contribution in [1.29, 1.82) is 0 Å². The Kier molecular flexibility index (Phi) is 4.97. The van der Waals surface area contributed by atoms with Crippen LogP contribution in [0.15, 0.2) is 24.3 Å². The Hall–Kier alpha value is -2.31. The highest BCUT2D eigenvalue weighted by atomic mass is 19.1. The van der Waals surface area contributed by atoms with E-state index in [-0.39, 0.29) is 18.2 Å². The van der Waals surface area contributed by atoms with Crippen LogP contribution in [0.1, 0.15) is 31.2 Å². The summed E-state index contributed by atoms with van der Waals surface area (Å²) in [7, 11) is 0. The summed E-state index contributed by atoms with van der Waals surface area (Å²) in [6.07, 6.45) is 1.22. The average Bonchev–Trinajstić information content (AvgIpc) is 2.84. The van der Waals surface area contributed by atoms with Crippen molar-refractivity contribution < 1.29 is 14.3 Å². The van der Waals surface area contributed by atoms with Gasteiger partial charge in [-0.05, 0) is 34.0 Å². The summed E-state index contributed by atoms with van der Waals surface area (Å²) in [4.78, 5) is 10.8. The molecule has 1 heterocycles. The second kappa shape index (κ2) is 6.92. The summed E-state index contributed by atoms with van der Waals surface area (Å²) in [5, 5.41) is 20.3. The lowest BCUT2D eigenvalue weighted by Crippen LogP contribution is -2.17. The number of hydrogen-bond donors (Lipinski definition) is 1. The first-order chi connectivity index (χ1) is 10.1. The normalized spacial score (nSPS) is 12.3. The predicted octanol–water partition coefficient (Wildman–Crippen LogP) is 1.90. The number of aromatic nitrogens is 4. The molecule has 2 rings (SSSR count). The summed E-state index contributed by atoms with van der Waals surface area (Å²) in [6.45, 7) is 2.38. The van der Waals surface area contributed by atoms with Gasteiger partial charge in [0.25, 0.3) is 0 Å². The zero-order valence-electron chi connectivity index (χ0n) is 11.7. The average molecular weight is 292 g/mol. The fraction of sp³-hybridized carbons (Fsp3) is 0.429. The molecule has 0 fully saturated rings. The molecule has 1 N–H and O–H groups in total. The van der Waals surface area contributed by atoms with Crippen LogP contribution in [0, 0.1) is 11.7 Å². The number of hydrogen-bond acceptors (Lipinski definition) is 4. The first-order valence-corrected chi connectivity index (χ1v) is 6.79. The number of benzene rings is 1. The molecule has 2 aromatic rings. The van der Waals surface area contributed by atoms with E-state index < -0.39 is 5.97 Å². The molecule has 0 radical (unpaired) electrons. The maximum absolute atomic E-state index is 13.2. The van der Waals surface area contributed by atoms with Gasteiger partial charge in [-0.3, -0.25) is 4.79 Å². The van der Waals surface area contributed by atoms with Crippen LogP contribution in [0.4, 0.5) is 4.39 Å². The third-order valence-electron chi connectivity index (χ3n) is 3.33. The lowest BCUT2D eigenvalue weighted by Gasteiger charge is -2.13. The molecule has 0 aliphatic carbocycles. The summed E-state index contributed by atoms with van der Waals surface area (Å²) < 4.78 is 14.8. The van der Waals surface area contributed by atoms with E-state index >= 15 is 0 Å². The first-order valence-electron chi connectivity index (χ1n) is 6.79. The van der Waals surface area contributed by atoms with E-state index in [9.17, 15) is 9.18 Å². The number of aliphatic carboxylic acids is 1. The molecule has 0 bridgehead atoms. The van der Waals surface area contributed by atoms with Crippen LogP contribution in [-0.2, 0) is 17.8 Å². The van der Waals surface area contributed by atoms with Gasteiger partial charge in [0, 0.05) is 19.4 Å². The third-order valence-corrected chi connectivity index (χ3v) is 3.33. The topological polar surface area (TPSA) is 80.9 Å². The Morgan fingerprint density at radius 2 is 2.29 bits per heavy atom. The van der Waals surface area contributed by atoms with Crippen molar-refractivity contribution in [1.82, 2.24) is 20.2 Å². The van der Waals surface area contributed by atoms with Gasteiger partial charge in [0.2, 0.25) is 0 Å². The Bertz CT molecular complexity index is 615. The van der Waals surface area contributed by atoms with Crippen molar-refractivity contribution in [3.8, 4) is 0 Å². The Balaban J connectivity index is 2.09. The van der Waals surface area contributed by atoms with E-state index in [1.54, 1.807) is 16.8 Å². The second-order valence-electron chi connectivity index (χ2n) is 4.96. The van der Waals surface area contributed by atoms with E-state index in [0.29, 0.717) is 18.8 Å². The predicted molar refractivity (Wildman–Crippen MR) is 73.1 cm³/mol. The Morgan fingerprint density at radius 3 is 2.95 bits per heavy atom. The van der Waals surface area contributed by atoms with E-state index in [1.165, 1.54) is 12.1 Å². The van der Waals surface area contributed by atoms with E-state index in [1.807, 2.05) is 6.92 Å². The van der Waals surface area contributed by atoms with Gasteiger partial charge < -0.3 is 5.11 Å². The maximum Gasteiger partial charge on any atom is 0.303 e. The monoisotopic (exact) mass is 292 g/mol. The smallest absolute Gasteiger partial charge is 0.303 e. The minimum atomic E-state index is -0.832. The zero-order valence-corrected chi connectivity index (χ0v) is 11.7. The molecule has 112 valence electrons. The van der Waals surface area contributed by atoms with Crippen molar-refractivity contribution in [2.45, 2.75) is 32.7 Å². The van der Waals surface area contributed by atoms with Gasteiger partial charge in [-0.1, -0.05) is 25.5 Å². The first kappa shape index (κ1) is 15.1. The van der Waals surface area contributed by atoms with Crippen LogP contribution >= 0.6 is 0 Å². The Morgan fingerprint density at radius 1 is 1.48 bits per heavy atom. The van der Waals surface area contributed by atoms with Crippen LogP contribution in [-0.4, -0.2) is 31.3 Å². The molecule has 0 aliphatic heterocycles. The van der Waals surface area contributed by atoms with Gasteiger partial charge in [0.15, 0.2) is 5.82 Å². The fourth-order valence-electron chi connectivity index (χ4n) is 2.15. The van der Waals surface area contributed by atoms with Crippen molar-refractivity contribution in [2.24, 2.45) is 5.92 Å². The molecule has 1 aromatic heterocycles. The number of rotatable bonds is 7. The summed E-state index contributed by atoms with van der Waals surface area (Å²) in [5.74, 6) is -0.563. The Labute approximate surface area is 121 Å². The van der Waals surface area contributed by atoms with Crippen LogP contribution in [0.2, 0.25) is 0 Å². The third kappa shape index (κ3) is 4.34. The number of carboxylic acid groups (broad SMARTS) is 1. The number of carboxylic acids is 1. The molecule has 0 spiro atoms. The number of halogens is 1. The highest BCUT2D eigenvalue weighted by Gasteiger charge is 2.15. The molecule has 21 heavy (non-hydrogen) atoms. The van der Waals surface area contributed by atoms with E-state index in [0.717, 1.165) is 12.0 Å². The molecular formula is C14H17FN4O2. The summed E-state index contributed by atoms with van der Waals surface area (Å²) in [5.41, 5.74) is 0.775. The number of carbonyl (C=O) groups is 1. The second-order valence-corrected chi connectivity index (χ2v) is 4.96. The van der Waals surface area contributed by atoms with Crippen LogP contribution < -0.4 is 0 Å². The molecule has 6 nitrogen and oxygen atoms in total. The highest BCUT2D eigenvalue weighted by Crippen LogP contribution is 2.14. The van der Waals surface area contributed by atoms with E-state index in [4.69, 9.17) is 5.11 Å². The fourth-order valence-corrected chi connectivity index (χ4v) is 2.15. The molecule has 0 amide bonds. The van der Waals surface area contributed by atoms with Crippen molar-refractivity contribution in [2.75, 3.05) is 0 Å². The standard InChI is InChI=1S/C14H17FN4O2/c1-2-10(8-14(20)21)9-19-13(16-17-18-19)7-11-4-3-5-12(15)6-11/h3-6,10H,2,7-9H2,1H3,(H,20,21). The number of nitrogens with zero attached hydrogens (tertiary/aromatic N) is 4. The van der Waals surface area contributed by atoms with Gasteiger partial charge in [-0.15, -0.1) is 5.10 Å². The van der Waals surface area contributed by atoms with Crippen LogP contribution in [0.3, 0.4) is 0 Å². The lowest BCUT2D eigenvalue weighted by molar-refractivity contribution is -0.138. The van der Waals surface area contributed by atoms with Gasteiger partial charge in [-0.2, -0.15) is 0 Å². The summed E-state index contributed by atoms with van der Waals surface area (Å²) in [6, 6.07) is 6.26. The van der Waals surface area contributed by atoms with Crippen molar-refractivity contribution in [3.63, 3.8) is 0 Å². The molecular weight excluding hydrogens is 275 g/mol. The molecule has 1 unspecified atom stereocenters. The summed E-state index contributed by atoms with van der Waals surface area (Å²) >= 11 is 0. The SMILES string of the molecule is CCC(CC(=O)O)Cn1nnnc1Cc1cccc(F)c1. The van der Waals surface area contributed by atoms with Gasteiger partial charge in [-0.25, -0.2) is 9.07 Å². The van der Waals surface area contributed by atoms with Crippen molar-refractivity contribution in [3.05, 3.63) is 41.5 Å². The molecule has 1 aromatic carbocycles. The van der Waals surface area contributed by atoms with E-state index in [2.05, 4.69) is 15.5 Å². The minimum absolute atomic E-state index is 0.0303. The maximum atomic E-state index is 13.2. The van der Waals surface area contributed by atoms with Gasteiger partial charge >= 0.3 is 5.97 Å². The molecule has 7 heteroatoms. The molecule has 0 saturated carbocycles. The zero-order chi connectivity index (χ0) is 15.2. The van der Waals surface area contributed by atoms with Crippen LogP contribution in [0.25, 0.3) is 0 Å². The quantitative estimate of drug-likeness (QED) is 0.843. The minimum Gasteiger partial charge on any atom is -0.481 e. The molecule has 0 aliphatic rings. The molecule has 1 atom stereocenters. The molecule has 0 saturated heterocycles. The van der Waals surface area contributed by atoms with Crippen molar-refractivity contribution >= 4 is 5.97 Å². The van der Waals surface area contributed by atoms with Crippen LogP contribution in [0.5, 0.6) is 0 Å². The van der Waals surface area contributed by atoms with Gasteiger partial charge in [0.1, 0.15) is 5.82 Å². The largest absolute Gasteiger partial charge is 0.481 e. The van der Waals surface area contributed by atoms with Gasteiger partial charge in [0.05, 0.1) is 0 Å². The number of tetrazole rings is 1. The highest BCUT2D eigenvalue weighted by molar-refractivity contribution is 5.66. The lowest BCUT2D eigenvalue weighted by atomic mass is 10.0.